The molecule has 31 heavy (non-hydrogen) atoms. The van der Waals surface area contributed by atoms with Crippen LogP contribution in [0.2, 0.25) is 10.0 Å². The Morgan fingerprint density at radius 3 is 2.52 bits per heavy atom. The second kappa shape index (κ2) is 9.86. The first-order chi connectivity index (χ1) is 15.1. The lowest BCUT2D eigenvalue weighted by molar-refractivity contribution is 0.0954. The molecule has 0 atom stereocenters. The molecule has 5 nitrogen and oxygen atoms in total. The molecule has 3 aromatic carbocycles. The van der Waals surface area contributed by atoms with Gasteiger partial charge in [-0.2, -0.15) is 0 Å². The van der Waals surface area contributed by atoms with E-state index < -0.39 is 0 Å². The number of carbonyl (C=O) groups excluding carboxylic acids is 1. The number of ether oxygens (including phenoxy) is 1. The van der Waals surface area contributed by atoms with Gasteiger partial charge in [0.15, 0.2) is 0 Å². The maximum Gasteiger partial charge on any atom is 0.252 e. The summed E-state index contributed by atoms with van der Waals surface area (Å²) in [4.78, 5) is 17.2. The Hall–Kier alpha value is -3.02. The van der Waals surface area contributed by atoms with E-state index in [1.165, 1.54) is 0 Å². The fraction of sp³-hybridized carbons (Fsp3) is 0.167. The lowest BCUT2D eigenvalue weighted by atomic mass is 10.2. The number of carbonyl (C=O) groups is 1. The Bertz CT molecular complexity index is 1190. The third-order valence-electron chi connectivity index (χ3n) is 4.88. The molecular formula is C24H21Cl2N3O2. The SMILES string of the molecule is O=C(NCCc1nc2ccccc2n1CCOc1ccc(Cl)cc1)c1ccccc1Cl. The highest BCUT2D eigenvalue weighted by molar-refractivity contribution is 6.33. The number of rotatable bonds is 8. The summed E-state index contributed by atoms with van der Waals surface area (Å²) in [5.41, 5.74) is 2.42. The van der Waals surface area contributed by atoms with Crippen LogP contribution >= 0.6 is 23.2 Å². The minimum Gasteiger partial charge on any atom is -0.492 e. The number of amides is 1. The summed E-state index contributed by atoms with van der Waals surface area (Å²) in [6.45, 7) is 1.57. The molecule has 0 radical (unpaired) electrons. The first-order valence-electron chi connectivity index (χ1n) is 9.97. The van der Waals surface area contributed by atoms with Crippen molar-refractivity contribution in [2.24, 2.45) is 0 Å². The van der Waals surface area contributed by atoms with Gasteiger partial charge in [-0.05, 0) is 48.5 Å². The van der Waals surface area contributed by atoms with E-state index in [1.807, 2.05) is 36.4 Å². The molecule has 0 aliphatic heterocycles. The van der Waals surface area contributed by atoms with Gasteiger partial charge in [-0.3, -0.25) is 4.79 Å². The van der Waals surface area contributed by atoms with Crippen molar-refractivity contribution >= 4 is 40.1 Å². The van der Waals surface area contributed by atoms with Crippen LogP contribution in [0.25, 0.3) is 11.0 Å². The third-order valence-corrected chi connectivity index (χ3v) is 5.47. The molecule has 0 fully saturated rings. The molecule has 1 N–H and O–H groups in total. The van der Waals surface area contributed by atoms with E-state index in [-0.39, 0.29) is 5.91 Å². The zero-order valence-electron chi connectivity index (χ0n) is 16.7. The predicted octanol–water partition coefficient (Wildman–Crippen LogP) is 5.39. The van der Waals surface area contributed by atoms with Gasteiger partial charge in [-0.15, -0.1) is 0 Å². The molecule has 1 amide bonds. The number of fused-ring (bicyclic) bond motifs is 1. The van der Waals surface area contributed by atoms with Crippen molar-refractivity contribution in [1.82, 2.24) is 14.9 Å². The van der Waals surface area contributed by atoms with E-state index in [2.05, 4.69) is 9.88 Å². The first-order valence-corrected chi connectivity index (χ1v) is 10.7. The zero-order chi connectivity index (χ0) is 21.6. The number of hydrogen-bond donors (Lipinski definition) is 1. The Kier molecular flexibility index (Phi) is 6.75. The largest absolute Gasteiger partial charge is 0.492 e. The highest BCUT2D eigenvalue weighted by atomic mass is 35.5. The number of imidazole rings is 1. The van der Waals surface area contributed by atoms with Gasteiger partial charge in [0.2, 0.25) is 0 Å². The maximum absolute atomic E-state index is 12.4. The molecule has 0 unspecified atom stereocenters. The lowest BCUT2D eigenvalue weighted by Gasteiger charge is -2.12. The van der Waals surface area contributed by atoms with Crippen molar-refractivity contribution in [3.63, 3.8) is 0 Å². The third kappa shape index (κ3) is 5.19. The monoisotopic (exact) mass is 453 g/mol. The van der Waals surface area contributed by atoms with Gasteiger partial charge in [0.05, 0.1) is 28.2 Å². The standard InChI is InChI=1S/C24H21Cl2N3O2/c25-17-9-11-18(12-10-17)31-16-15-29-22-8-4-3-7-21(22)28-23(29)13-14-27-24(30)19-5-1-2-6-20(19)26/h1-12H,13-16H2,(H,27,30). The fourth-order valence-electron chi connectivity index (χ4n) is 3.38. The van der Waals surface area contributed by atoms with Crippen LogP contribution in [0.1, 0.15) is 16.2 Å². The van der Waals surface area contributed by atoms with Crippen molar-refractivity contribution in [2.75, 3.05) is 13.2 Å². The zero-order valence-corrected chi connectivity index (χ0v) is 18.2. The van der Waals surface area contributed by atoms with Gasteiger partial charge in [0.25, 0.3) is 5.91 Å². The summed E-state index contributed by atoms with van der Waals surface area (Å²) in [5, 5.41) is 4.04. The van der Waals surface area contributed by atoms with Crippen LogP contribution in [0.5, 0.6) is 5.75 Å². The second-order valence-corrected chi connectivity index (χ2v) is 7.80. The summed E-state index contributed by atoms with van der Waals surface area (Å²) in [6, 6.07) is 22.3. The number of aromatic nitrogens is 2. The number of halogens is 2. The molecule has 158 valence electrons. The summed E-state index contributed by atoms with van der Waals surface area (Å²) >= 11 is 12.0. The van der Waals surface area contributed by atoms with E-state index in [1.54, 1.807) is 36.4 Å². The Balaban J connectivity index is 1.42. The van der Waals surface area contributed by atoms with Gasteiger partial charge >= 0.3 is 0 Å². The van der Waals surface area contributed by atoms with Gasteiger partial charge in [-0.25, -0.2) is 4.98 Å². The summed E-state index contributed by atoms with van der Waals surface area (Å²) < 4.78 is 7.99. The molecule has 0 saturated carbocycles. The van der Waals surface area contributed by atoms with Gasteiger partial charge in [-0.1, -0.05) is 47.5 Å². The number of hydrogen-bond acceptors (Lipinski definition) is 3. The van der Waals surface area contributed by atoms with Gasteiger partial charge in [0.1, 0.15) is 18.2 Å². The summed E-state index contributed by atoms with van der Waals surface area (Å²) in [7, 11) is 0. The van der Waals surface area contributed by atoms with E-state index in [9.17, 15) is 4.79 Å². The average molecular weight is 454 g/mol. The Morgan fingerprint density at radius 1 is 0.968 bits per heavy atom. The van der Waals surface area contributed by atoms with Crippen LogP contribution in [-0.4, -0.2) is 28.6 Å². The molecular weight excluding hydrogens is 433 g/mol. The highest BCUT2D eigenvalue weighted by Crippen LogP contribution is 2.19. The molecule has 0 bridgehead atoms. The smallest absolute Gasteiger partial charge is 0.252 e. The van der Waals surface area contributed by atoms with E-state index >= 15 is 0 Å². The lowest BCUT2D eigenvalue weighted by Crippen LogP contribution is -2.27. The molecule has 0 aliphatic carbocycles. The van der Waals surface area contributed by atoms with Crippen molar-refractivity contribution in [3.05, 3.63) is 94.2 Å². The minimum atomic E-state index is -0.195. The molecule has 0 saturated heterocycles. The predicted molar refractivity (Wildman–Crippen MR) is 124 cm³/mol. The molecule has 7 heteroatoms. The number of nitrogens with one attached hydrogen (secondary N) is 1. The normalized spacial score (nSPS) is 10.9. The fourth-order valence-corrected chi connectivity index (χ4v) is 3.73. The van der Waals surface area contributed by atoms with Crippen LogP contribution < -0.4 is 10.1 Å². The van der Waals surface area contributed by atoms with Crippen molar-refractivity contribution < 1.29 is 9.53 Å². The molecule has 4 rings (SSSR count). The first kappa shape index (κ1) is 21.2. The maximum atomic E-state index is 12.4. The van der Waals surface area contributed by atoms with Crippen molar-refractivity contribution in [1.29, 1.82) is 0 Å². The Morgan fingerprint density at radius 2 is 1.71 bits per heavy atom. The van der Waals surface area contributed by atoms with Crippen LogP contribution in [-0.2, 0) is 13.0 Å². The molecule has 1 heterocycles. The van der Waals surface area contributed by atoms with Crippen LogP contribution in [0.4, 0.5) is 0 Å². The highest BCUT2D eigenvalue weighted by Gasteiger charge is 2.13. The number of benzene rings is 3. The minimum absolute atomic E-state index is 0.195. The Labute approximate surface area is 190 Å². The molecule has 4 aromatic rings. The molecule has 1 aromatic heterocycles. The topological polar surface area (TPSA) is 56.2 Å². The van der Waals surface area contributed by atoms with Crippen molar-refractivity contribution in [2.45, 2.75) is 13.0 Å². The van der Waals surface area contributed by atoms with E-state index in [0.717, 1.165) is 22.6 Å². The second-order valence-electron chi connectivity index (χ2n) is 6.96. The number of nitrogens with zero attached hydrogens (tertiary/aromatic N) is 2. The van der Waals surface area contributed by atoms with E-state index in [4.69, 9.17) is 32.9 Å². The quantitative estimate of drug-likeness (QED) is 0.388. The number of para-hydroxylation sites is 2. The average Bonchev–Trinajstić information content (AvgIpc) is 3.13. The van der Waals surface area contributed by atoms with Gasteiger partial charge < -0.3 is 14.6 Å². The van der Waals surface area contributed by atoms with Gasteiger partial charge in [0, 0.05) is 18.0 Å². The van der Waals surface area contributed by atoms with E-state index in [0.29, 0.717) is 41.7 Å². The van der Waals surface area contributed by atoms with Crippen LogP contribution in [0, 0.1) is 0 Å². The van der Waals surface area contributed by atoms with Crippen molar-refractivity contribution in [3.8, 4) is 5.75 Å². The van der Waals surface area contributed by atoms with Crippen LogP contribution in [0.15, 0.2) is 72.8 Å². The van der Waals surface area contributed by atoms with Crippen LogP contribution in [0.3, 0.4) is 0 Å². The molecule has 0 spiro atoms. The summed E-state index contributed by atoms with van der Waals surface area (Å²) in [5.74, 6) is 1.46. The summed E-state index contributed by atoms with van der Waals surface area (Å²) in [6.07, 6.45) is 0.589. The molecule has 0 aliphatic rings.